The van der Waals surface area contributed by atoms with E-state index in [2.05, 4.69) is 40.7 Å². The maximum atomic E-state index is 13.0. The Morgan fingerprint density at radius 3 is 2.67 bits per heavy atom. The second-order valence-corrected chi connectivity index (χ2v) is 6.94. The first kappa shape index (κ1) is 19.5. The van der Waals surface area contributed by atoms with Crippen LogP contribution in [0.2, 0.25) is 0 Å². The number of hydrazone groups is 1. The Balaban J connectivity index is 1.62. The molecule has 0 unspecified atom stereocenters. The van der Waals surface area contributed by atoms with Crippen molar-refractivity contribution in [2.75, 3.05) is 18.8 Å². The minimum absolute atomic E-state index is 0.00884. The highest BCUT2D eigenvalue weighted by Crippen LogP contribution is 2.19. The first-order valence-corrected chi connectivity index (χ1v) is 9.42. The zero-order chi connectivity index (χ0) is 21.1. The summed E-state index contributed by atoms with van der Waals surface area (Å²) in [5.74, 6) is -0.296. The molecule has 1 aliphatic rings. The second-order valence-electron chi connectivity index (χ2n) is 6.94. The van der Waals surface area contributed by atoms with E-state index in [9.17, 15) is 9.90 Å². The molecule has 0 saturated carbocycles. The van der Waals surface area contributed by atoms with Crippen LogP contribution in [-0.4, -0.2) is 60.0 Å². The number of phenols is 1. The average Bonchev–Trinajstić information content (AvgIpc) is 3.48. The highest BCUT2D eigenvalue weighted by Gasteiger charge is 2.27. The third-order valence-electron chi connectivity index (χ3n) is 4.83. The van der Waals surface area contributed by atoms with Crippen molar-refractivity contribution in [1.82, 2.24) is 35.6 Å². The van der Waals surface area contributed by atoms with Crippen molar-refractivity contribution in [3.63, 3.8) is 0 Å². The Labute approximate surface area is 171 Å². The minimum Gasteiger partial charge on any atom is -0.508 e. The van der Waals surface area contributed by atoms with Crippen molar-refractivity contribution >= 4 is 17.4 Å². The lowest BCUT2D eigenvalue weighted by molar-refractivity contribution is 0.0945. The third-order valence-corrected chi connectivity index (χ3v) is 4.83. The lowest BCUT2D eigenvalue weighted by Crippen LogP contribution is -2.26. The molecule has 0 spiro atoms. The Kier molecular flexibility index (Phi) is 5.39. The summed E-state index contributed by atoms with van der Waals surface area (Å²) in [5, 5.41) is 29.0. The molecule has 156 valence electrons. The van der Waals surface area contributed by atoms with Crippen LogP contribution in [0.1, 0.15) is 41.5 Å². The predicted octanol–water partition coefficient (Wildman–Crippen LogP) is 0.688. The number of nitrogen functional groups attached to an aromatic ring is 1. The minimum atomic E-state index is -0.519. The van der Waals surface area contributed by atoms with Crippen molar-refractivity contribution in [2.24, 2.45) is 5.10 Å². The fourth-order valence-corrected chi connectivity index (χ4v) is 3.24. The predicted molar refractivity (Wildman–Crippen MR) is 106 cm³/mol. The van der Waals surface area contributed by atoms with Crippen molar-refractivity contribution in [3.8, 4) is 11.6 Å². The maximum absolute atomic E-state index is 13.0. The molecule has 1 fully saturated rings. The number of nitrogens with two attached hydrogens (primary N) is 1. The van der Waals surface area contributed by atoms with Crippen molar-refractivity contribution in [1.29, 1.82) is 0 Å². The van der Waals surface area contributed by atoms with E-state index in [-0.39, 0.29) is 23.1 Å². The summed E-state index contributed by atoms with van der Waals surface area (Å²) < 4.78 is 5.85. The molecule has 12 heteroatoms. The number of carbonyl (C=O) groups is 1. The summed E-state index contributed by atoms with van der Waals surface area (Å²) in [5.41, 5.74) is 10.3. The van der Waals surface area contributed by atoms with Gasteiger partial charge in [-0.2, -0.15) is 9.78 Å². The van der Waals surface area contributed by atoms with Gasteiger partial charge in [0.1, 0.15) is 11.4 Å². The molecular weight excluding hydrogens is 390 g/mol. The standard InChI is InChI=1S/C18H21N9O3/c1-11(12-4-6-13(28)7-5-12)20-22-18(29)15-14(10-26-8-2-3-9-26)21-25-27(15)17-16(19)23-30-24-17/h4-7,28H,2-3,8-10H2,1H3,(H2,19,23)(H,22,29)/b20-11+. The summed E-state index contributed by atoms with van der Waals surface area (Å²) >= 11 is 0. The Bertz CT molecular complexity index is 1070. The van der Waals surface area contributed by atoms with Crippen LogP contribution in [-0.2, 0) is 6.54 Å². The largest absolute Gasteiger partial charge is 0.508 e. The molecular formula is C18H21N9O3. The monoisotopic (exact) mass is 411 g/mol. The zero-order valence-corrected chi connectivity index (χ0v) is 16.3. The van der Waals surface area contributed by atoms with Crippen LogP contribution in [0, 0.1) is 0 Å². The molecule has 0 radical (unpaired) electrons. The summed E-state index contributed by atoms with van der Waals surface area (Å²) in [4.78, 5) is 15.2. The van der Waals surface area contributed by atoms with E-state index >= 15 is 0 Å². The molecule has 1 aliphatic heterocycles. The van der Waals surface area contributed by atoms with Crippen LogP contribution in [0.25, 0.3) is 5.82 Å². The lowest BCUT2D eigenvalue weighted by atomic mass is 10.1. The molecule has 1 aromatic carbocycles. The van der Waals surface area contributed by atoms with Gasteiger partial charge < -0.3 is 10.8 Å². The van der Waals surface area contributed by atoms with Crippen LogP contribution in [0.5, 0.6) is 5.75 Å². The van der Waals surface area contributed by atoms with Gasteiger partial charge in [0.2, 0.25) is 11.6 Å². The Hall–Kier alpha value is -3.80. The summed E-state index contributed by atoms with van der Waals surface area (Å²) in [7, 11) is 0. The van der Waals surface area contributed by atoms with E-state index in [1.54, 1.807) is 31.2 Å². The van der Waals surface area contributed by atoms with Crippen LogP contribution >= 0.6 is 0 Å². The number of hydrogen-bond donors (Lipinski definition) is 3. The fourth-order valence-electron chi connectivity index (χ4n) is 3.24. The van der Waals surface area contributed by atoms with Crippen LogP contribution in [0.3, 0.4) is 0 Å². The first-order chi connectivity index (χ1) is 14.5. The number of anilines is 1. The molecule has 4 rings (SSSR count). The van der Waals surface area contributed by atoms with E-state index in [0.29, 0.717) is 18.0 Å². The van der Waals surface area contributed by atoms with E-state index < -0.39 is 5.91 Å². The van der Waals surface area contributed by atoms with E-state index in [4.69, 9.17) is 5.73 Å². The number of carbonyl (C=O) groups excluding carboxylic acids is 1. The SMILES string of the molecule is C/C(=N\NC(=O)c1c(CN2CCCC2)nnn1-c1nonc1N)c1ccc(O)cc1. The van der Waals surface area contributed by atoms with Gasteiger partial charge in [-0.3, -0.25) is 9.69 Å². The normalized spacial score (nSPS) is 14.9. The Morgan fingerprint density at radius 2 is 2.00 bits per heavy atom. The van der Waals surface area contributed by atoms with E-state index in [1.807, 2.05) is 0 Å². The number of amides is 1. The van der Waals surface area contributed by atoms with Crippen LogP contribution in [0.4, 0.5) is 5.82 Å². The van der Waals surface area contributed by atoms with Gasteiger partial charge in [-0.05, 0) is 73.0 Å². The van der Waals surface area contributed by atoms with Gasteiger partial charge in [0.25, 0.3) is 5.91 Å². The summed E-state index contributed by atoms with van der Waals surface area (Å²) in [6.45, 7) is 4.07. The molecule has 3 heterocycles. The van der Waals surface area contributed by atoms with Crippen LogP contribution in [0.15, 0.2) is 34.0 Å². The number of rotatable bonds is 6. The molecule has 12 nitrogen and oxygen atoms in total. The van der Waals surface area contributed by atoms with Gasteiger partial charge >= 0.3 is 0 Å². The second kappa shape index (κ2) is 8.29. The maximum Gasteiger partial charge on any atom is 0.292 e. The number of likely N-dealkylation sites (tertiary alicyclic amines) is 1. The number of nitrogens with one attached hydrogen (secondary N) is 1. The fraction of sp³-hybridized carbons (Fsp3) is 0.333. The number of benzene rings is 1. The molecule has 4 N–H and O–H groups in total. The van der Waals surface area contributed by atoms with Gasteiger partial charge in [-0.1, -0.05) is 5.21 Å². The molecule has 0 bridgehead atoms. The average molecular weight is 411 g/mol. The van der Waals surface area contributed by atoms with E-state index in [0.717, 1.165) is 31.5 Å². The number of phenolic OH excluding ortho intramolecular Hbond substituents is 1. The van der Waals surface area contributed by atoms with Gasteiger partial charge in [-0.15, -0.1) is 5.10 Å². The molecule has 1 amide bonds. The molecule has 0 atom stereocenters. The topological polar surface area (TPSA) is 161 Å². The molecule has 2 aromatic heterocycles. The molecule has 30 heavy (non-hydrogen) atoms. The number of aromatic hydroxyl groups is 1. The summed E-state index contributed by atoms with van der Waals surface area (Å²) in [6.07, 6.45) is 2.21. The number of aromatic nitrogens is 5. The lowest BCUT2D eigenvalue weighted by Gasteiger charge is -2.13. The third kappa shape index (κ3) is 3.98. The number of nitrogens with zero attached hydrogens (tertiary/aromatic N) is 7. The quantitative estimate of drug-likeness (QED) is 0.391. The molecule has 3 aromatic rings. The van der Waals surface area contributed by atoms with Crippen LogP contribution < -0.4 is 11.2 Å². The van der Waals surface area contributed by atoms with Gasteiger partial charge in [0, 0.05) is 6.54 Å². The van der Waals surface area contributed by atoms with Crippen molar-refractivity contribution < 1.29 is 14.5 Å². The zero-order valence-electron chi connectivity index (χ0n) is 16.3. The first-order valence-electron chi connectivity index (χ1n) is 9.42. The summed E-state index contributed by atoms with van der Waals surface area (Å²) in [6, 6.07) is 6.49. The van der Waals surface area contributed by atoms with Crippen molar-refractivity contribution in [3.05, 3.63) is 41.2 Å². The molecule has 1 saturated heterocycles. The smallest absolute Gasteiger partial charge is 0.292 e. The van der Waals surface area contributed by atoms with Gasteiger partial charge in [-0.25, -0.2) is 10.1 Å². The van der Waals surface area contributed by atoms with Gasteiger partial charge in [0.15, 0.2) is 5.69 Å². The van der Waals surface area contributed by atoms with Crippen molar-refractivity contribution in [2.45, 2.75) is 26.3 Å². The van der Waals surface area contributed by atoms with E-state index in [1.165, 1.54) is 4.68 Å². The number of hydrogen-bond acceptors (Lipinski definition) is 10. The highest BCUT2D eigenvalue weighted by atomic mass is 16.6. The highest BCUT2D eigenvalue weighted by molar-refractivity contribution is 6.00. The molecule has 0 aliphatic carbocycles. The van der Waals surface area contributed by atoms with Gasteiger partial charge in [0.05, 0.1) is 5.71 Å². The Morgan fingerprint density at radius 1 is 1.27 bits per heavy atom.